The van der Waals surface area contributed by atoms with E-state index in [0.717, 1.165) is 35.2 Å². The Bertz CT molecular complexity index is 627. The monoisotopic (exact) mass is 286 g/mol. The van der Waals surface area contributed by atoms with Crippen molar-refractivity contribution < 1.29 is 4.74 Å². The van der Waals surface area contributed by atoms with E-state index in [1.165, 1.54) is 0 Å². The highest BCUT2D eigenvalue weighted by molar-refractivity contribution is 6.30. The van der Waals surface area contributed by atoms with Crippen LogP contribution in [0, 0.1) is 0 Å². The summed E-state index contributed by atoms with van der Waals surface area (Å²) < 4.78 is 5.47. The zero-order valence-corrected chi connectivity index (χ0v) is 11.7. The van der Waals surface area contributed by atoms with E-state index in [2.05, 4.69) is 16.3 Å². The number of ether oxygens (including phenoxy) is 1. The zero-order valence-electron chi connectivity index (χ0n) is 10.9. The Labute approximate surface area is 123 Å². The van der Waals surface area contributed by atoms with Crippen LogP contribution in [0.4, 0.5) is 11.4 Å². The summed E-state index contributed by atoms with van der Waals surface area (Å²) in [6.07, 6.45) is 3.66. The highest BCUT2D eigenvalue weighted by Crippen LogP contribution is 2.31. The minimum Gasteiger partial charge on any atom is -0.461 e. The Balaban J connectivity index is 1.61. The molecule has 0 spiro atoms. The molecule has 2 aromatic carbocycles. The number of rotatable bonds is 4. The van der Waals surface area contributed by atoms with Crippen LogP contribution in [0.5, 0.6) is 5.75 Å². The first kappa shape index (κ1) is 12.9. The van der Waals surface area contributed by atoms with Crippen LogP contribution in [0.15, 0.2) is 61.0 Å². The second-order valence-electron chi connectivity index (χ2n) is 4.50. The Morgan fingerprint density at radius 1 is 1.10 bits per heavy atom. The fraction of sp³-hybridized carbons (Fsp3) is 0.125. The van der Waals surface area contributed by atoms with Crippen LogP contribution < -0.4 is 15.0 Å². The number of benzene rings is 2. The molecule has 0 fully saturated rings. The number of nitrogens with zero attached hydrogens (tertiary/aromatic N) is 1. The van der Waals surface area contributed by atoms with Gasteiger partial charge in [-0.3, -0.25) is 0 Å². The summed E-state index contributed by atoms with van der Waals surface area (Å²) >= 11 is 5.96. The Morgan fingerprint density at radius 2 is 2.00 bits per heavy atom. The van der Waals surface area contributed by atoms with Crippen LogP contribution >= 0.6 is 11.6 Å². The molecule has 0 radical (unpaired) electrons. The number of halogens is 1. The van der Waals surface area contributed by atoms with Crippen molar-refractivity contribution in [2.45, 2.75) is 0 Å². The summed E-state index contributed by atoms with van der Waals surface area (Å²) in [6, 6.07) is 15.7. The smallest absolute Gasteiger partial charge is 0.150 e. The first-order valence-electron chi connectivity index (χ1n) is 6.51. The molecular formula is C16H15ClN2O. The van der Waals surface area contributed by atoms with E-state index in [-0.39, 0.29) is 0 Å². The molecule has 0 saturated carbocycles. The standard InChI is InChI=1S/C16H15ClN2O/c17-13-4-3-5-14(12-13)18-8-9-19-10-11-20-16-7-2-1-6-15(16)19/h1-7,10-12,18H,8-9H2. The van der Waals surface area contributed by atoms with Gasteiger partial charge in [0.25, 0.3) is 0 Å². The van der Waals surface area contributed by atoms with Crippen molar-refractivity contribution >= 4 is 23.0 Å². The van der Waals surface area contributed by atoms with Gasteiger partial charge in [-0.15, -0.1) is 0 Å². The summed E-state index contributed by atoms with van der Waals surface area (Å²) in [5.41, 5.74) is 2.12. The Kier molecular flexibility index (Phi) is 3.79. The molecule has 1 aliphatic rings. The maximum Gasteiger partial charge on any atom is 0.150 e. The number of fused-ring (bicyclic) bond motifs is 1. The first-order chi connectivity index (χ1) is 9.83. The molecule has 4 heteroatoms. The largest absolute Gasteiger partial charge is 0.461 e. The molecule has 3 nitrogen and oxygen atoms in total. The minimum atomic E-state index is 0.742. The van der Waals surface area contributed by atoms with E-state index in [1.807, 2.05) is 48.7 Å². The normalized spacial score (nSPS) is 12.8. The van der Waals surface area contributed by atoms with Gasteiger partial charge in [-0.2, -0.15) is 0 Å². The summed E-state index contributed by atoms with van der Waals surface area (Å²) in [4.78, 5) is 2.16. The summed E-state index contributed by atoms with van der Waals surface area (Å²) in [5, 5.41) is 4.11. The molecular weight excluding hydrogens is 272 g/mol. The molecule has 1 heterocycles. The van der Waals surface area contributed by atoms with E-state index in [9.17, 15) is 0 Å². The van der Waals surface area contributed by atoms with Gasteiger partial charge in [-0.25, -0.2) is 0 Å². The van der Waals surface area contributed by atoms with Gasteiger partial charge in [0.2, 0.25) is 0 Å². The van der Waals surface area contributed by atoms with Gasteiger partial charge in [-0.1, -0.05) is 29.8 Å². The lowest BCUT2D eigenvalue weighted by Crippen LogP contribution is -2.26. The lowest BCUT2D eigenvalue weighted by atomic mass is 10.2. The van der Waals surface area contributed by atoms with Gasteiger partial charge < -0.3 is 15.0 Å². The average Bonchev–Trinajstić information content (AvgIpc) is 2.48. The molecule has 2 aromatic rings. The third kappa shape index (κ3) is 2.89. The predicted molar refractivity (Wildman–Crippen MR) is 83.5 cm³/mol. The summed E-state index contributed by atoms with van der Waals surface area (Å²) in [7, 11) is 0. The molecule has 0 saturated heterocycles. The maximum atomic E-state index is 5.96. The van der Waals surface area contributed by atoms with Crippen LogP contribution in [0.25, 0.3) is 0 Å². The molecule has 0 aliphatic carbocycles. The van der Waals surface area contributed by atoms with Gasteiger partial charge in [0.15, 0.2) is 0 Å². The molecule has 0 atom stereocenters. The van der Waals surface area contributed by atoms with Crippen molar-refractivity contribution in [1.82, 2.24) is 0 Å². The Hall–Kier alpha value is -2.13. The highest BCUT2D eigenvalue weighted by atomic mass is 35.5. The first-order valence-corrected chi connectivity index (χ1v) is 6.89. The number of anilines is 2. The van der Waals surface area contributed by atoms with E-state index in [4.69, 9.17) is 16.3 Å². The molecule has 0 aromatic heterocycles. The van der Waals surface area contributed by atoms with E-state index in [0.29, 0.717) is 0 Å². The molecule has 1 N–H and O–H groups in total. The Morgan fingerprint density at radius 3 is 2.90 bits per heavy atom. The average molecular weight is 287 g/mol. The number of hydrogen-bond acceptors (Lipinski definition) is 3. The summed E-state index contributed by atoms with van der Waals surface area (Å²) in [6.45, 7) is 1.67. The molecule has 0 bridgehead atoms. The van der Waals surface area contributed by atoms with E-state index >= 15 is 0 Å². The SMILES string of the molecule is Clc1cccc(NCCN2C=COc3ccccc32)c1. The van der Waals surface area contributed by atoms with Crippen LogP contribution in [0.1, 0.15) is 0 Å². The number of nitrogens with one attached hydrogen (secondary N) is 1. The highest BCUT2D eigenvalue weighted by Gasteiger charge is 2.12. The maximum absolute atomic E-state index is 5.96. The second kappa shape index (κ2) is 5.88. The molecule has 0 amide bonds. The predicted octanol–water partition coefficient (Wildman–Crippen LogP) is 4.12. The van der Waals surface area contributed by atoms with Gasteiger partial charge in [0, 0.05) is 30.0 Å². The fourth-order valence-electron chi connectivity index (χ4n) is 2.17. The number of hydrogen-bond donors (Lipinski definition) is 1. The van der Waals surface area contributed by atoms with E-state index < -0.39 is 0 Å². The van der Waals surface area contributed by atoms with Crippen molar-refractivity contribution in [2.24, 2.45) is 0 Å². The van der Waals surface area contributed by atoms with Crippen molar-refractivity contribution in [3.05, 3.63) is 66.0 Å². The minimum absolute atomic E-state index is 0.742. The quantitative estimate of drug-likeness (QED) is 0.915. The van der Waals surface area contributed by atoms with Gasteiger partial charge >= 0.3 is 0 Å². The molecule has 3 rings (SSSR count). The molecule has 20 heavy (non-hydrogen) atoms. The third-order valence-corrected chi connectivity index (χ3v) is 3.35. The number of para-hydroxylation sites is 2. The van der Waals surface area contributed by atoms with Gasteiger partial charge in [0.05, 0.1) is 5.69 Å². The van der Waals surface area contributed by atoms with E-state index in [1.54, 1.807) is 6.26 Å². The van der Waals surface area contributed by atoms with Crippen LogP contribution in [-0.2, 0) is 0 Å². The zero-order chi connectivity index (χ0) is 13.8. The van der Waals surface area contributed by atoms with Gasteiger partial charge in [0.1, 0.15) is 12.0 Å². The van der Waals surface area contributed by atoms with Crippen molar-refractivity contribution in [1.29, 1.82) is 0 Å². The van der Waals surface area contributed by atoms with Gasteiger partial charge in [-0.05, 0) is 30.3 Å². The topological polar surface area (TPSA) is 24.5 Å². The fourth-order valence-corrected chi connectivity index (χ4v) is 2.36. The summed E-state index contributed by atoms with van der Waals surface area (Å²) in [5.74, 6) is 0.887. The lowest BCUT2D eigenvalue weighted by Gasteiger charge is -2.26. The molecule has 1 aliphatic heterocycles. The molecule has 0 unspecified atom stereocenters. The van der Waals surface area contributed by atoms with Crippen molar-refractivity contribution in [3.63, 3.8) is 0 Å². The van der Waals surface area contributed by atoms with Crippen LogP contribution in [0.2, 0.25) is 5.02 Å². The van der Waals surface area contributed by atoms with Crippen LogP contribution in [-0.4, -0.2) is 13.1 Å². The third-order valence-electron chi connectivity index (χ3n) is 3.12. The van der Waals surface area contributed by atoms with Crippen molar-refractivity contribution in [2.75, 3.05) is 23.3 Å². The lowest BCUT2D eigenvalue weighted by molar-refractivity contribution is 0.469. The second-order valence-corrected chi connectivity index (χ2v) is 4.94. The van der Waals surface area contributed by atoms with Crippen molar-refractivity contribution in [3.8, 4) is 5.75 Å². The molecule has 102 valence electrons. The van der Waals surface area contributed by atoms with Crippen LogP contribution in [0.3, 0.4) is 0 Å².